The number of ketones is 2. The van der Waals surface area contributed by atoms with Crippen LogP contribution in [0.2, 0.25) is 0 Å². The summed E-state index contributed by atoms with van der Waals surface area (Å²) in [6.07, 6.45) is -0.974. The number of aliphatic hydroxyl groups is 2. The van der Waals surface area contributed by atoms with Gasteiger partial charge >= 0.3 is 11.9 Å². The number of esters is 2. The van der Waals surface area contributed by atoms with Crippen LogP contribution in [0.5, 0.6) is 11.5 Å². The van der Waals surface area contributed by atoms with E-state index in [1.165, 1.54) is 48.5 Å². The van der Waals surface area contributed by atoms with E-state index in [4.69, 9.17) is 0 Å². The molecule has 3 rings (SSSR count). The third-order valence-corrected chi connectivity index (χ3v) is 5.87. The third kappa shape index (κ3) is 5.22. The van der Waals surface area contributed by atoms with E-state index in [0.717, 1.165) is 14.2 Å². The zero-order valence-corrected chi connectivity index (χ0v) is 19.4. The van der Waals surface area contributed by atoms with Crippen molar-refractivity contribution in [1.29, 1.82) is 0 Å². The normalized spacial score (nSPS) is 15.5. The van der Waals surface area contributed by atoms with Crippen molar-refractivity contribution in [3.05, 3.63) is 82.3 Å². The molecule has 2 aromatic carbocycles. The van der Waals surface area contributed by atoms with E-state index in [9.17, 15) is 39.6 Å². The van der Waals surface area contributed by atoms with E-state index in [2.05, 4.69) is 9.47 Å². The van der Waals surface area contributed by atoms with Crippen LogP contribution >= 0.6 is 0 Å². The fourth-order valence-corrected chi connectivity index (χ4v) is 4.12. The molecule has 2 aromatic rings. The number of phenols is 2. The predicted molar refractivity (Wildman–Crippen MR) is 124 cm³/mol. The fraction of sp³-hybridized carbons (Fsp3) is 0.231. The largest absolute Gasteiger partial charge is 0.508 e. The number of ether oxygens (including phenoxy) is 2. The molecule has 0 heterocycles. The Labute approximate surface area is 205 Å². The molecule has 1 aliphatic rings. The van der Waals surface area contributed by atoms with Crippen molar-refractivity contribution in [2.24, 2.45) is 0 Å². The highest BCUT2D eigenvalue weighted by Crippen LogP contribution is 2.41. The van der Waals surface area contributed by atoms with Gasteiger partial charge in [-0.1, -0.05) is 24.3 Å². The predicted octanol–water partition coefficient (Wildman–Crippen LogP) is 2.87. The Bertz CT molecular complexity index is 1190. The molecule has 0 radical (unpaired) electrons. The highest BCUT2D eigenvalue weighted by atomic mass is 16.5. The molecule has 0 fully saturated rings. The van der Waals surface area contributed by atoms with E-state index in [1.54, 1.807) is 0 Å². The lowest BCUT2D eigenvalue weighted by Crippen LogP contribution is -2.31. The minimum absolute atomic E-state index is 0.195. The van der Waals surface area contributed by atoms with Crippen LogP contribution in [0, 0.1) is 0 Å². The van der Waals surface area contributed by atoms with Crippen LogP contribution in [0.1, 0.15) is 35.8 Å². The van der Waals surface area contributed by atoms with E-state index in [0.29, 0.717) is 0 Å². The van der Waals surface area contributed by atoms with E-state index < -0.39 is 70.8 Å². The van der Waals surface area contributed by atoms with Gasteiger partial charge in [-0.15, -0.1) is 0 Å². The molecule has 0 spiro atoms. The summed E-state index contributed by atoms with van der Waals surface area (Å²) >= 11 is 0. The topological polar surface area (TPSA) is 168 Å². The maximum absolute atomic E-state index is 13.4. The summed E-state index contributed by atoms with van der Waals surface area (Å²) < 4.78 is 9.36. The highest BCUT2D eigenvalue weighted by molar-refractivity contribution is 6.24. The van der Waals surface area contributed by atoms with Crippen LogP contribution in [0.25, 0.3) is 0 Å². The lowest BCUT2D eigenvalue weighted by atomic mass is 9.76. The summed E-state index contributed by atoms with van der Waals surface area (Å²) in [7, 11) is 2.23. The second kappa shape index (κ2) is 10.8. The molecule has 188 valence electrons. The van der Waals surface area contributed by atoms with Gasteiger partial charge in [-0.3, -0.25) is 19.2 Å². The lowest BCUT2D eigenvalue weighted by molar-refractivity contribution is -0.142. The number of Topliss-reactive ketones (excluding diaryl/α,β-unsaturated/α-hetero) is 2. The zero-order valence-electron chi connectivity index (χ0n) is 19.4. The number of hydrogen-bond donors (Lipinski definition) is 4. The summed E-state index contributed by atoms with van der Waals surface area (Å²) in [4.78, 5) is 50.9. The fourth-order valence-electron chi connectivity index (χ4n) is 4.12. The minimum atomic E-state index is -1.25. The standard InChI is InChI=1S/C26H24O10/c1-35-19(29)11-17(13-5-3-7-15(27)9-13)21-23(31)25(33)22(26(34)24(21)32)18(12-20(30)36-2)14-6-4-8-16(28)10-14/h3-10,17-18,27-28,31,34H,11-12H2,1-2H3/t17-,18+. The number of carbonyl (C=O) groups excluding carboxylic acids is 4. The number of benzene rings is 2. The van der Waals surface area contributed by atoms with E-state index in [-0.39, 0.29) is 22.6 Å². The number of carbonyl (C=O) groups is 4. The number of methoxy groups -OCH3 is 2. The molecule has 0 aromatic heterocycles. The van der Waals surface area contributed by atoms with Crippen molar-refractivity contribution in [2.45, 2.75) is 24.7 Å². The first-order chi connectivity index (χ1) is 17.1. The number of rotatable bonds is 8. The van der Waals surface area contributed by atoms with Crippen LogP contribution in [0.3, 0.4) is 0 Å². The summed E-state index contributed by atoms with van der Waals surface area (Å²) in [5, 5.41) is 41.6. The van der Waals surface area contributed by atoms with Gasteiger partial charge in [0.25, 0.3) is 0 Å². The number of aromatic hydroxyl groups is 2. The van der Waals surface area contributed by atoms with Crippen molar-refractivity contribution in [1.82, 2.24) is 0 Å². The summed E-state index contributed by atoms with van der Waals surface area (Å²) in [5.41, 5.74) is -0.716. The zero-order chi connectivity index (χ0) is 26.6. The Morgan fingerprint density at radius 2 is 1.06 bits per heavy atom. The summed E-state index contributed by atoms with van der Waals surface area (Å²) in [5.74, 6) is -8.78. The third-order valence-electron chi connectivity index (χ3n) is 5.87. The van der Waals surface area contributed by atoms with Crippen LogP contribution in [-0.4, -0.2) is 58.2 Å². The first kappa shape index (κ1) is 26.0. The van der Waals surface area contributed by atoms with Gasteiger partial charge in [-0.25, -0.2) is 0 Å². The monoisotopic (exact) mass is 496 g/mol. The van der Waals surface area contributed by atoms with Crippen molar-refractivity contribution < 1.29 is 49.1 Å². The Hall–Kier alpha value is -4.60. The van der Waals surface area contributed by atoms with Crippen LogP contribution in [0.15, 0.2) is 71.2 Å². The average Bonchev–Trinajstić information content (AvgIpc) is 2.86. The summed E-state index contributed by atoms with van der Waals surface area (Å²) in [6.45, 7) is 0. The van der Waals surface area contributed by atoms with Gasteiger partial charge in [0.2, 0.25) is 11.6 Å². The Morgan fingerprint density at radius 1 is 0.694 bits per heavy atom. The van der Waals surface area contributed by atoms with Gasteiger partial charge in [0.15, 0.2) is 11.5 Å². The smallest absolute Gasteiger partial charge is 0.306 e. The molecular weight excluding hydrogens is 472 g/mol. The van der Waals surface area contributed by atoms with E-state index in [1.807, 2.05) is 0 Å². The second-order valence-corrected chi connectivity index (χ2v) is 8.04. The number of hydrogen-bond acceptors (Lipinski definition) is 10. The van der Waals surface area contributed by atoms with Crippen LogP contribution in [-0.2, 0) is 28.7 Å². The van der Waals surface area contributed by atoms with Gasteiger partial charge in [0.05, 0.1) is 38.2 Å². The Balaban J connectivity index is 2.16. The van der Waals surface area contributed by atoms with Crippen LogP contribution in [0.4, 0.5) is 0 Å². The molecule has 0 unspecified atom stereocenters. The van der Waals surface area contributed by atoms with Crippen molar-refractivity contribution in [2.75, 3.05) is 14.2 Å². The molecule has 0 saturated heterocycles. The molecule has 0 saturated carbocycles. The molecule has 1 aliphatic carbocycles. The Morgan fingerprint density at radius 3 is 1.36 bits per heavy atom. The quantitative estimate of drug-likeness (QED) is 0.315. The molecule has 0 bridgehead atoms. The lowest BCUT2D eigenvalue weighted by Gasteiger charge is -2.27. The first-order valence-corrected chi connectivity index (χ1v) is 10.8. The molecule has 10 nitrogen and oxygen atoms in total. The van der Waals surface area contributed by atoms with Crippen molar-refractivity contribution in [3.8, 4) is 11.5 Å². The minimum Gasteiger partial charge on any atom is -0.508 e. The van der Waals surface area contributed by atoms with Gasteiger partial charge in [-0.05, 0) is 35.4 Å². The van der Waals surface area contributed by atoms with Crippen molar-refractivity contribution in [3.63, 3.8) is 0 Å². The maximum atomic E-state index is 13.4. The van der Waals surface area contributed by atoms with E-state index >= 15 is 0 Å². The number of aliphatic hydroxyl groups excluding tert-OH is 2. The molecule has 36 heavy (non-hydrogen) atoms. The number of phenolic OH excluding ortho intramolecular Hbond substituents is 2. The average molecular weight is 496 g/mol. The van der Waals surface area contributed by atoms with Gasteiger partial charge in [-0.2, -0.15) is 0 Å². The first-order valence-electron chi connectivity index (χ1n) is 10.8. The molecule has 0 amide bonds. The van der Waals surface area contributed by atoms with Gasteiger partial charge < -0.3 is 29.9 Å². The highest BCUT2D eigenvalue weighted by Gasteiger charge is 2.43. The van der Waals surface area contributed by atoms with Crippen LogP contribution < -0.4 is 0 Å². The molecular formula is C26H24O10. The molecule has 0 aliphatic heterocycles. The molecule has 2 atom stereocenters. The molecule has 10 heteroatoms. The number of allylic oxidation sites excluding steroid dienone is 2. The van der Waals surface area contributed by atoms with Crippen molar-refractivity contribution >= 4 is 23.5 Å². The van der Waals surface area contributed by atoms with Gasteiger partial charge in [0.1, 0.15) is 11.5 Å². The maximum Gasteiger partial charge on any atom is 0.306 e. The van der Waals surface area contributed by atoms with Gasteiger partial charge in [0, 0.05) is 11.8 Å². The molecule has 4 N–H and O–H groups in total. The second-order valence-electron chi connectivity index (χ2n) is 8.04. The summed E-state index contributed by atoms with van der Waals surface area (Å²) in [6, 6.07) is 11.0. The Kier molecular flexibility index (Phi) is 7.78. The SMILES string of the molecule is COC(=O)C[C@H](C1=C(O)C(=O)C([C@H](CC(=O)OC)c2cccc(O)c2)=C(O)C1=O)c1cccc(O)c1.